The summed E-state index contributed by atoms with van der Waals surface area (Å²) >= 11 is 0. The molecule has 2 aromatic rings. The van der Waals surface area contributed by atoms with Crippen LogP contribution in [0.4, 0.5) is 10.1 Å². The number of nitrogens with one attached hydrogen (secondary N) is 1. The van der Waals surface area contributed by atoms with E-state index in [0.29, 0.717) is 23.8 Å². The summed E-state index contributed by atoms with van der Waals surface area (Å²) in [6.45, 7) is 2.40. The van der Waals surface area contributed by atoms with E-state index in [4.69, 9.17) is 9.47 Å². The van der Waals surface area contributed by atoms with Gasteiger partial charge in [-0.15, -0.1) is 0 Å². The molecule has 0 aliphatic carbocycles. The van der Waals surface area contributed by atoms with Gasteiger partial charge in [0.05, 0.1) is 13.7 Å². The number of halogens is 1. The van der Waals surface area contributed by atoms with Gasteiger partial charge in [0.2, 0.25) is 5.91 Å². The van der Waals surface area contributed by atoms with E-state index >= 15 is 0 Å². The molecule has 0 unspecified atom stereocenters. The van der Waals surface area contributed by atoms with Gasteiger partial charge in [0.25, 0.3) is 0 Å². The highest BCUT2D eigenvalue weighted by molar-refractivity contribution is 6.01. The number of anilines is 1. The van der Waals surface area contributed by atoms with Crippen molar-refractivity contribution in [1.82, 2.24) is 0 Å². The summed E-state index contributed by atoms with van der Waals surface area (Å²) in [5.41, 5.74) is 1.20. The lowest BCUT2D eigenvalue weighted by molar-refractivity contribution is -0.111. The highest BCUT2D eigenvalue weighted by Gasteiger charge is 2.04. The van der Waals surface area contributed by atoms with Crippen molar-refractivity contribution in [2.75, 3.05) is 19.0 Å². The van der Waals surface area contributed by atoms with Gasteiger partial charge in [0.1, 0.15) is 5.82 Å². The van der Waals surface area contributed by atoms with Gasteiger partial charge in [-0.25, -0.2) is 4.39 Å². The first kappa shape index (κ1) is 16.5. The molecule has 120 valence electrons. The molecule has 0 aliphatic heterocycles. The number of carbonyl (C=O) groups is 1. The van der Waals surface area contributed by atoms with E-state index in [1.165, 1.54) is 24.3 Å². The molecule has 4 nitrogen and oxygen atoms in total. The maximum atomic E-state index is 13.1. The summed E-state index contributed by atoms with van der Waals surface area (Å²) in [6, 6.07) is 11.1. The lowest BCUT2D eigenvalue weighted by Gasteiger charge is -2.09. The molecule has 0 atom stereocenters. The van der Waals surface area contributed by atoms with Crippen molar-refractivity contribution < 1.29 is 18.7 Å². The molecule has 1 amide bonds. The minimum absolute atomic E-state index is 0.343. The molecular formula is C18H18FNO3. The number of rotatable bonds is 6. The first-order valence-electron chi connectivity index (χ1n) is 7.18. The number of amides is 1. The fourth-order valence-corrected chi connectivity index (χ4v) is 1.99. The van der Waals surface area contributed by atoms with Crippen molar-refractivity contribution >= 4 is 17.7 Å². The van der Waals surface area contributed by atoms with Crippen molar-refractivity contribution in [1.29, 1.82) is 0 Å². The monoisotopic (exact) mass is 315 g/mol. The van der Waals surface area contributed by atoms with Crippen LogP contribution in [0, 0.1) is 5.82 Å². The zero-order chi connectivity index (χ0) is 16.7. The van der Waals surface area contributed by atoms with Gasteiger partial charge >= 0.3 is 0 Å². The van der Waals surface area contributed by atoms with Crippen LogP contribution in [0.15, 0.2) is 48.5 Å². The maximum absolute atomic E-state index is 13.1. The highest BCUT2D eigenvalue weighted by atomic mass is 19.1. The summed E-state index contributed by atoms with van der Waals surface area (Å²) in [7, 11) is 1.57. The molecule has 2 rings (SSSR count). The predicted molar refractivity (Wildman–Crippen MR) is 88.2 cm³/mol. The van der Waals surface area contributed by atoms with Gasteiger partial charge in [-0.2, -0.15) is 0 Å². The van der Waals surface area contributed by atoms with Gasteiger partial charge in [-0.3, -0.25) is 4.79 Å². The Kier molecular flexibility index (Phi) is 5.74. The SMILES string of the molecule is CCOc1cc(/C=C/C(=O)Nc2cccc(F)c2)ccc1OC. The number of carbonyl (C=O) groups excluding carboxylic acids is 1. The Morgan fingerprint density at radius 1 is 1.22 bits per heavy atom. The number of hydrogen-bond donors (Lipinski definition) is 1. The minimum atomic E-state index is -0.400. The molecule has 0 bridgehead atoms. The van der Waals surface area contributed by atoms with Gasteiger partial charge in [0, 0.05) is 11.8 Å². The molecule has 0 saturated heterocycles. The second kappa shape index (κ2) is 7.98. The highest BCUT2D eigenvalue weighted by Crippen LogP contribution is 2.28. The summed E-state index contributed by atoms with van der Waals surface area (Å²) in [6.07, 6.45) is 3.03. The average Bonchev–Trinajstić information content (AvgIpc) is 2.53. The third-order valence-corrected chi connectivity index (χ3v) is 3.01. The standard InChI is InChI=1S/C18H18FNO3/c1-3-23-17-11-13(7-9-16(17)22-2)8-10-18(21)20-15-6-4-5-14(19)12-15/h4-12H,3H2,1-2H3,(H,20,21)/b10-8+. The normalized spacial score (nSPS) is 10.6. The number of hydrogen-bond acceptors (Lipinski definition) is 3. The Morgan fingerprint density at radius 3 is 2.74 bits per heavy atom. The zero-order valence-corrected chi connectivity index (χ0v) is 13.0. The molecule has 0 spiro atoms. The van der Waals surface area contributed by atoms with Crippen molar-refractivity contribution in [3.8, 4) is 11.5 Å². The first-order valence-corrected chi connectivity index (χ1v) is 7.18. The largest absolute Gasteiger partial charge is 0.493 e. The molecule has 0 fully saturated rings. The van der Waals surface area contributed by atoms with E-state index in [1.807, 2.05) is 13.0 Å². The topological polar surface area (TPSA) is 47.6 Å². The summed E-state index contributed by atoms with van der Waals surface area (Å²) < 4.78 is 23.7. The lowest BCUT2D eigenvalue weighted by atomic mass is 10.2. The van der Waals surface area contributed by atoms with Crippen LogP contribution in [0.25, 0.3) is 6.08 Å². The average molecular weight is 315 g/mol. The number of ether oxygens (including phenoxy) is 2. The molecule has 23 heavy (non-hydrogen) atoms. The second-order valence-electron chi connectivity index (χ2n) is 4.68. The summed E-state index contributed by atoms with van der Waals surface area (Å²) in [5, 5.41) is 2.59. The van der Waals surface area contributed by atoms with E-state index in [-0.39, 0.29) is 5.91 Å². The Balaban J connectivity index is 2.07. The predicted octanol–water partition coefficient (Wildman–Crippen LogP) is 3.88. The lowest BCUT2D eigenvalue weighted by Crippen LogP contribution is -2.07. The number of methoxy groups -OCH3 is 1. The van der Waals surface area contributed by atoms with Crippen LogP contribution in [0.3, 0.4) is 0 Å². The van der Waals surface area contributed by atoms with Crippen molar-refractivity contribution in [3.05, 3.63) is 59.9 Å². The fraction of sp³-hybridized carbons (Fsp3) is 0.167. The van der Waals surface area contributed by atoms with E-state index in [0.717, 1.165) is 5.56 Å². The Hall–Kier alpha value is -2.82. The molecule has 0 heterocycles. The summed E-state index contributed by atoms with van der Waals surface area (Å²) in [5.74, 6) is 0.503. The molecule has 2 aromatic carbocycles. The first-order chi connectivity index (χ1) is 11.1. The number of benzene rings is 2. The van der Waals surface area contributed by atoms with Crippen molar-refractivity contribution in [3.63, 3.8) is 0 Å². The molecule has 0 radical (unpaired) electrons. The molecule has 5 heteroatoms. The van der Waals surface area contributed by atoms with Crippen LogP contribution in [0.5, 0.6) is 11.5 Å². The zero-order valence-electron chi connectivity index (χ0n) is 13.0. The van der Waals surface area contributed by atoms with Gasteiger partial charge in [-0.1, -0.05) is 12.1 Å². The third-order valence-electron chi connectivity index (χ3n) is 3.01. The minimum Gasteiger partial charge on any atom is -0.493 e. The Morgan fingerprint density at radius 2 is 2.04 bits per heavy atom. The fourth-order valence-electron chi connectivity index (χ4n) is 1.99. The van der Waals surface area contributed by atoms with E-state index in [9.17, 15) is 9.18 Å². The van der Waals surface area contributed by atoms with Crippen LogP contribution < -0.4 is 14.8 Å². The van der Waals surface area contributed by atoms with Crippen molar-refractivity contribution in [2.24, 2.45) is 0 Å². The smallest absolute Gasteiger partial charge is 0.248 e. The van der Waals surface area contributed by atoms with E-state index in [2.05, 4.69) is 5.32 Å². The van der Waals surface area contributed by atoms with Gasteiger partial charge < -0.3 is 14.8 Å². The van der Waals surface area contributed by atoms with Gasteiger partial charge in [0.15, 0.2) is 11.5 Å². The molecular weight excluding hydrogens is 297 g/mol. The van der Waals surface area contributed by atoms with Crippen LogP contribution in [-0.4, -0.2) is 19.6 Å². The Bertz CT molecular complexity index is 713. The molecule has 0 saturated carbocycles. The maximum Gasteiger partial charge on any atom is 0.248 e. The van der Waals surface area contributed by atoms with Crippen LogP contribution >= 0.6 is 0 Å². The molecule has 1 N–H and O–H groups in total. The Labute approximate surface area is 134 Å². The van der Waals surface area contributed by atoms with Crippen molar-refractivity contribution in [2.45, 2.75) is 6.92 Å². The van der Waals surface area contributed by atoms with Crippen LogP contribution in [0.2, 0.25) is 0 Å². The van der Waals surface area contributed by atoms with Crippen LogP contribution in [-0.2, 0) is 4.79 Å². The van der Waals surface area contributed by atoms with E-state index < -0.39 is 5.82 Å². The van der Waals surface area contributed by atoms with Crippen LogP contribution in [0.1, 0.15) is 12.5 Å². The van der Waals surface area contributed by atoms with E-state index in [1.54, 1.807) is 31.4 Å². The molecule has 0 aliphatic rings. The molecule has 0 aromatic heterocycles. The third kappa shape index (κ3) is 4.85. The van der Waals surface area contributed by atoms with Gasteiger partial charge in [-0.05, 0) is 48.9 Å². The quantitative estimate of drug-likeness (QED) is 0.823. The second-order valence-corrected chi connectivity index (χ2v) is 4.68. The summed E-state index contributed by atoms with van der Waals surface area (Å²) in [4.78, 5) is 11.9.